The van der Waals surface area contributed by atoms with Crippen molar-refractivity contribution < 1.29 is 9.53 Å². The summed E-state index contributed by atoms with van der Waals surface area (Å²) in [6.07, 6.45) is 8.37. The lowest BCUT2D eigenvalue weighted by Gasteiger charge is -2.26. The van der Waals surface area contributed by atoms with Gasteiger partial charge < -0.3 is 9.64 Å². The number of ether oxygens (including phenoxy) is 1. The number of likely N-dealkylation sites (tertiary alicyclic amines) is 1. The molecule has 1 saturated heterocycles. The zero-order chi connectivity index (χ0) is 20.1. The summed E-state index contributed by atoms with van der Waals surface area (Å²) in [6, 6.07) is 13.4. The van der Waals surface area contributed by atoms with Crippen LogP contribution in [0.3, 0.4) is 0 Å². The zero-order valence-electron chi connectivity index (χ0n) is 16.6. The Morgan fingerprint density at radius 3 is 2.72 bits per heavy atom. The summed E-state index contributed by atoms with van der Waals surface area (Å²) < 4.78 is 6.02. The predicted molar refractivity (Wildman–Crippen MR) is 118 cm³/mol. The summed E-state index contributed by atoms with van der Waals surface area (Å²) in [5.74, 6) is 0.802. The minimum Gasteiger partial charge on any atom is -0.492 e. The molecule has 0 amide bonds. The van der Waals surface area contributed by atoms with Gasteiger partial charge in [0.1, 0.15) is 12.4 Å². The van der Waals surface area contributed by atoms with Gasteiger partial charge in [0.15, 0.2) is 5.78 Å². The summed E-state index contributed by atoms with van der Waals surface area (Å²) in [7, 11) is 0. The van der Waals surface area contributed by atoms with Crippen LogP contribution in [0.15, 0.2) is 54.7 Å². The number of benzene rings is 2. The minimum atomic E-state index is -0.0852. The number of nitrogens with zero attached hydrogens (tertiary/aromatic N) is 2. The summed E-state index contributed by atoms with van der Waals surface area (Å²) in [5, 5.41) is 0.480. The summed E-state index contributed by atoms with van der Waals surface area (Å²) in [4.78, 5) is 17.1. The number of fused-ring (bicyclic) bond motifs is 1. The number of rotatable bonds is 7. The maximum atomic E-state index is 12.5. The van der Waals surface area contributed by atoms with E-state index in [1.54, 1.807) is 18.2 Å². The lowest BCUT2D eigenvalue weighted by atomic mass is 10.1. The highest BCUT2D eigenvalue weighted by molar-refractivity contribution is 6.34. The van der Waals surface area contributed by atoms with Crippen LogP contribution in [0.2, 0.25) is 5.02 Å². The fourth-order valence-corrected chi connectivity index (χ4v) is 4.24. The Morgan fingerprint density at radius 2 is 1.90 bits per heavy atom. The van der Waals surface area contributed by atoms with Crippen LogP contribution in [-0.2, 0) is 6.42 Å². The van der Waals surface area contributed by atoms with Crippen molar-refractivity contribution in [2.45, 2.75) is 25.7 Å². The van der Waals surface area contributed by atoms with E-state index in [1.165, 1.54) is 37.9 Å². The van der Waals surface area contributed by atoms with E-state index in [9.17, 15) is 4.79 Å². The molecule has 152 valence electrons. The molecule has 2 aromatic rings. The van der Waals surface area contributed by atoms with Crippen molar-refractivity contribution in [1.29, 1.82) is 0 Å². The molecule has 0 aromatic heterocycles. The highest BCUT2D eigenvalue weighted by atomic mass is 35.5. The molecule has 0 atom stereocenters. The van der Waals surface area contributed by atoms with E-state index in [2.05, 4.69) is 28.0 Å². The second kappa shape index (κ2) is 9.47. The molecule has 4 rings (SSSR count). The maximum absolute atomic E-state index is 12.5. The van der Waals surface area contributed by atoms with Crippen molar-refractivity contribution >= 4 is 23.1 Å². The number of carbonyl (C=O) groups is 1. The van der Waals surface area contributed by atoms with Gasteiger partial charge in [-0.2, -0.15) is 0 Å². The fourth-order valence-electron chi connectivity index (χ4n) is 4.01. The predicted octanol–water partition coefficient (Wildman–Crippen LogP) is 4.96. The van der Waals surface area contributed by atoms with Gasteiger partial charge in [0.05, 0.1) is 5.02 Å². The summed E-state index contributed by atoms with van der Waals surface area (Å²) in [5.41, 5.74) is 2.92. The molecule has 1 fully saturated rings. The highest BCUT2D eigenvalue weighted by Crippen LogP contribution is 2.32. The van der Waals surface area contributed by atoms with Crippen LogP contribution in [0, 0.1) is 0 Å². The maximum Gasteiger partial charge on any atom is 0.188 e. The molecular formula is C24H27ClN2O2. The highest BCUT2D eigenvalue weighted by Gasteiger charge is 2.19. The van der Waals surface area contributed by atoms with Crippen LogP contribution >= 0.6 is 11.6 Å². The normalized spacial score (nSPS) is 16.9. The van der Waals surface area contributed by atoms with Crippen LogP contribution in [0.5, 0.6) is 5.75 Å². The van der Waals surface area contributed by atoms with Crippen molar-refractivity contribution in [3.63, 3.8) is 0 Å². The van der Waals surface area contributed by atoms with Gasteiger partial charge in [-0.25, -0.2) is 0 Å². The van der Waals surface area contributed by atoms with E-state index in [-0.39, 0.29) is 5.78 Å². The number of ketones is 1. The van der Waals surface area contributed by atoms with E-state index in [4.69, 9.17) is 16.3 Å². The largest absolute Gasteiger partial charge is 0.492 e. The molecule has 0 aliphatic carbocycles. The average Bonchev–Trinajstić information content (AvgIpc) is 3.15. The number of piperidine rings is 1. The average molecular weight is 411 g/mol. The molecule has 4 nitrogen and oxygen atoms in total. The molecule has 0 saturated carbocycles. The summed E-state index contributed by atoms with van der Waals surface area (Å²) >= 11 is 6.13. The fraction of sp³-hybridized carbons (Fsp3) is 0.375. The third-order valence-corrected chi connectivity index (χ3v) is 5.99. The van der Waals surface area contributed by atoms with Gasteiger partial charge in [0.2, 0.25) is 0 Å². The topological polar surface area (TPSA) is 32.8 Å². The van der Waals surface area contributed by atoms with E-state index < -0.39 is 0 Å². The lowest BCUT2D eigenvalue weighted by molar-refractivity contribution is 0.104. The first-order chi connectivity index (χ1) is 14.2. The molecule has 2 aliphatic rings. The third kappa shape index (κ3) is 5.01. The quantitative estimate of drug-likeness (QED) is 0.477. The number of halogens is 1. The molecule has 2 aliphatic heterocycles. The third-order valence-electron chi connectivity index (χ3n) is 5.66. The van der Waals surface area contributed by atoms with Gasteiger partial charge in [0, 0.05) is 42.7 Å². The van der Waals surface area contributed by atoms with Crippen LogP contribution in [0.1, 0.15) is 35.2 Å². The second-order valence-electron chi connectivity index (χ2n) is 7.64. The molecule has 0 N–H and O–H groups in total. The standard InChI is InChI=1S/C24H27ClN2O2/c25-22-7-3-2-6-21(22)24(28)11-15-27-14-10-19-8-9-20(18-23(19)27)29-17-16-26-12-4-1-5-13-26/h2-3,6-9,11,15,18H,1,4-5,10,12-14,16-17H2. The van der Waals surface area contributed by atoms with E-state index >= 15 is 0 Å². The van der Waals surface area contributed by atoms with Gasteiger partial charge in [-0.15, -0.1) is 0 Å². The first-order valence-electron chi connectivity index (χ1n) is 10.4. The molecule has 5 heteroatoms. The molecule has 2 aromatic carbocycles. The molecule has 0 bridgehead atoms. The van der Waals surface area contributed by atoms with Crippen LogP contribution in [0.4, 0.5) is 5.69 Å². The van der Waals surface area contributed by atoms with Gasteiger partial charge in [-0.1, -0.05) is 36.2 Å². The number of hydrogen-bond acceptors (Lipinski definition) is 4. The Hall–Kier alpha value is -2.30. The van der Waals surface area contributed by atoms with Gasteiger partial charge >= 0.3 is 0 Å². The zero-order valence-corrected chi connectivity index (χ0v) is 17.4. The van der Waals surface area contributed by atoms with Crippen molar-refractivity contribution in [1.82, 2.24) is 4.90 Å². The first kappa shape index (κ1) is 20.0. The van der Waals surface area contributed by atoms with Crippen molar-refractivity contribution in [2.24, 2.45) is 0 Å². The lowest BCUT2D eigenvalue weighted by Crippen LogP contribution is -2.33. The number of allylic oxidation sites excluding steroid dienone is 1. The molecule has 0 radical (unpaired) electrons. The van der Waals surface area contributed by atoms with E-state index in [1.807, 2.05) is 18.3 Å². The van der Waals surface area contributed by atoms with Gasteiger partial charge in [0.25, 0.3) is 0 Å². The van der Waals surface area contributed by atoms with E-state index in [0.717, 1.165) is 30.9 Å². The number of anilines is 1. The van der Waals surface area contributed by atoms with Crippen LogP contribution in [0.25, 0.3) is 0 Å². The second-order valence-corrected chi connectivity index (χ2v) is 8.05. The van der Waals surface area contributed by atoms with Crippen LogP contribution < -0.4 is 9.64 Å². The first-order valence-corrected chi connectivity index (χ1v) is 10.8. The van der Waals surface area contributed by atoms with Gasteiger partial charge in [-0.05, 0) is 56.1 Å². The summed E-state index contributed by atoms with van der Waals surface area (Å²) in [6.45, 7) is 4.92. The minimum absolute atomic E-state index is 0.0852. The molecular weight excluding hydrogens is 384 g/mol. The van der Waals surface area contributed by atoms with Crippen molar-refractivity contribution in [3.8, 4) is 5.75 Å². The Morgan fingerprint density at radius 1 is 1.07 bits per heavy atom. The van der Waals surface area contributed by atoms with Crippen LogP contribution in [-0.4, -0.2) is 43.5 Å². The van der Waals surface area contributed by atoms with E-state index in [0.29, 0.717) is 17.2 Å². The molecule has 0 unspecified atom stereocenters. The smallest absolute Gasteiger partial charge is 0.188 e. The Balaban J connectivity index is 1.38. The SMILES string of the molecule is O=C(C=CN1CCc2ccc(OCCN3CCCCC3)cc21)c1ccccc1Cl. The Bertz CT molecular complexity index is 890. The van der Waals surface area contributed by atoms with Gasteiger partial charge in [-0.3, -0.25) is 9.69 Å². The monoisotopic (exact) mass is 410 g/mol. The van der Waals surface area contributed by atoms with Crippen molar-refractivity contribution in [2.75, 3.05) is 37.7 Å². The number of hydrogen-bond donors (Lipinski definition) is 0. The molecule has 29 heavy (non-hydrogen) atoms. The van der Waals surface area contributed by atoms with Crippen molar-refractivity contribution in [3.05, 3.63) is 70.9 Å². The number of carbonyl (C=O) groups excluding carboxylic acids is 1. The molecule has 2 heterocycles. The molecule has 0 spiro atoms. The Kier molecular flexibility index (Phi) is 6.53. The Labute approximate surface area is 177 Å².